The molecule has 2 rings (SSSR count). The summed E-state index contributed by atoms with van der Waals surface area (Å²) in [7, 11) is 0. The van der Waals surface area contributed by atoms with E-state index in [1.165, 1.54) is 0 Å². The van der Waals surface area contributed by atoms with Gasteiger partial charge in [0.1, 0.15) is 5.84 Å². The van der Waals surface area contributed by atoms with E-state index in [-0.39, 0.29) is 5.92 Å². The Hall–Kier alpha value is -1.81. The fraction of sp³-hybridized carbons (Fsp3) is 0.250. The molecule has 1 heterocycles. The average Bonchev–Trinajstić information content (AvgIpc) is 2.29. The standard InChI is InChI=1S/C12H16N4/c1-9(10-5-3-2-4-6-10)12(14)15-8-7-11(13)16-12/h2-9,15H,14H2,1H3,(H2,13,16). The highest BCUT2D eigenvalue weighted by atomic mass is 15.3. The van der Waals surface area contributed by atoms with E-state index in [1.54, 1.807) is 12.3 Å². The lowest BCUT2D eigenvalue weighted by Gasteiger charge is -2.34. The highest BCUT2D eigenvalue weighted by Crippen LogP contribution is 2.26. The molecule has 0 saturated carbocycles. The summed E-state index contributed by atoms with van der Waals surface area (Å²) in [4.78, 5) is 4.26. The number of benzene rings is 1. The molecule has 1 aliphatic heterocycles. The van der Waals surface area contributed by atoms with Crippen molar-refractivity contribution in [2.75, 3.05) is 0 Å². The molecular weight excluding hydrogens is 200 g/mol. The topological polar surface area (TPSA) is 76.4 Å². The maximum absolute atomic E-state index is 6.20. The summed E-state index contributed by atoms with van der Waals surface area (Å²) in [5, 5.41) is 3.05. The zero-order valence-corrected chi connectivity index (χ0v) is 9.22. The van der Waals surface area contributed by atoms with E-state index in [4.69, 9.17) is 11.5 Å². The van der Waals surface area contributed by atoms with Crippen LogP contribution in [0.4, 0.5) is 0 Å². The molecular formula is C12H16N4. The summed E-state index contributed by atoms with van der Waals surface area (Å²) < 4.78 is 0. The normalized spacial score (nSPS) is 25.8. The van der Waals surface area contributed by atoms with Crippen LogP contribution in [0.15, 0.2) is 47.6 Å². The first-order valence-corrected chi connectivity index (χ1v) is 5.25. The van der Waals surface area contributed by atoms with Gasteiger partial charge in [0, 0.05) is 12.1 Å². The van der Waals surface area contributed by atoms with Crippen molar-refractivity contribution in [3.63, 3.8) is 0 Å². The molecule has 0 amide bonds. The molecule has 1 aromatic rings. The van der Waals surface area contributed by atoms with Crippen LogP contribution in [0.5, 0.6) is 0 Å². The smallest absolute Gasteiger partial charge is 0.190 e. The van der Waals surface area contributed by atoms with E-state index < -0.39 is 5.79 Å². The van der Waals surface area contributed by atoms with Gasteiger partial charge in [-0.3, -0.25) is 5.73 Å². The van der Waals surface area contributed by atoms with Crippen LogP contribution in [-0.2, 0) is 0 Å². The minimum Gasteiger partial charge on any atom is -0.384 e. The molecule has 0 radical (unpaired) electrons. The van der Waals surface area contributed by atoms with Crippen molar-refractivity contribution in [2.24, 2.45) is 16.5 Å². The van der Waals surface area contributed by atoms with E-state index in [2.05, 4.69) is 10.3 Å². The molecule has 0 aliphatic carbocycles. The van der Waals surface area contributed by atoms with Crippen LogP contribution in [0.2, 0.25) is 0 Å². The van der Waals surface area contributed by atoms with Gasteiger partial charge in [0.05, 0.1) is 0 Å². The highest BCUT2D eigenvalue weighted by molar-refractivity contribution is 5.92. The lowest BCUT2D eigenvalue weighted by atomic mass is 9.94. The lowest BCUT2D eigenvalue weighted by Crippen LogP contribution is -2.56. The molecule has 4 heteroatoms. The van der Waals surface area contributed by atoms with Crippen molar-refractivity contribution in [1.29, 1.82) is 0 Å². The van der Waals surface area contributed by atoms with Gasteiger partial charge in [0.25, 0.3) is 0 Å². The molecule has 5 N–H and O–H groups in total. The van der Waals surface area contributed by atoms with Gasteiger partial charge in [0.2, 0.25) is 0 Å². The van der Waals surface area contributed by atoms with Crippen LogP contribution >= 0.6 is 0 Å². The quantitative estimate of drug-likeness (QED) is 0.686. The third-order valence-electron chi connectivity index (χ3n) is 2.84. The minimum atomic E-state index is -0.861. The van der Waals surface area contributed by atoms with Crippen LogP contribution in [0.3, 0.4) is 0 Å². The van der Waals surface area contributed by atoms with Gasteiger partial charge in [-0.25, -0.2) is 4.99 Å². The van der Waals surface area contributed by atoms with Crippen molar-refractivity contribution in [2.45, 2.75) is 18.6 Å². The maximum atomic E-state index is 6.20. The molecule has 2 unspecified atom stereocenters. The number of nitrogens with one attached hydrogen (secondary N) is 1. The Morgan fingerprint density at radius 2 is 2.00 bits per heavy atom. The molecule has 1 aromatic carbocycles. The molecule has 4 nitrogen and oxygen atoms in total. The van der Waals surface area contributed by atoms with Crippen molar-refractivity contribution in [1.82, 2.24) is 5.32 Å². The Labute approximate surface area is 95.1 Å². The van der Waals surface area contributed by atoms with Crippen molar-refractivity contribution in [3.05, 3.63) is 48.2 Å². The zero-order chi connectivity index (χ0) is 11.6. The minimum absolute atomic E-state index is 0.0391. The van der Waals surface area contributed by atoms with Gasteiger partial charge in [-0.15, -0.1) is 0 Å². The Bertz CT molecular complexity index is 424. The predicted molar refractivity (Wildman–Crippen MR) is 65.7 cm³/mol. The molecule has 16 heavy (non-hydrogen) atoms. The number of aliphatic imine (C=N–C) groups is 1. The molecule has 0 aromatic heterocycles. The van der Waals surface area contributed by atoms with Crippen molar-refractivity contribution < 1.29 is 0 Å². The maximum Gasteiger partial charge on any atom is 0.190 e. The number of hydrogen-bond acceptors (Lipinski definition) is 4. The lowest BCUT2D eigenvalue weighted by molar-refractivity contribution is 0.332. The van der Waals surface area contributed by atoms with Crippen LogP contribution in [-0.4, -0.2) is 11.6 Å². The van der Waals surface area contributed by atoms with E-state index in [0.29, 0.717) is 5.84 Å². The Balaban J connectivity index is 2.29. The van der Waals surface area contributed by atoms with Gasteiger partial charge in [-0.05, 0) is 11.6 Å². The highest BCUT2D eigenvalue weighted by Gasteiger charge is 2.32. The molecule has 0 saturated heterocycles. The number of rotatable bonds is 2. The van der Waals surface area contributed by atoms with Crippen LogP contribution in [0.1, 0.15) is 18.4 Å². The van der Waals surface area contributed by atoms with E-state index in [1.807, 2.05) is 37.3 Å². The number of hydrogen-bond donors (Lipinski definition) is 3. The van der Waals surface area contributed by atoms with Gasteiger partial charge in [-0.1, -0.05) is 37.3 Å². The van der Waals surface area contributed by atoms with Crippen molar-refractivity contribution in [3.8, 4) is 0 Å². The van der Waals surface area contributed by atoms with Gasteiger partial charge in [0.15, 0.2) is 5.79 Å². The summed E-state index contributed by atoms with van der Waals surface area (Å²) >= 11 is 0. The Kier molecular flexibility index (Phi) is 2.66. The third kappa shape index (κ3) is 1.92. The molecule has 1 aliphatic rings. The molecule has 0 fully saturated rings. The third-order valence-corrected chi connectivity index (χ3v) is 2.84. The van der Waals surface area contributed by atoms with E-state index in [9.17, 15) is 0 Å². The van der Waals surface area contributed by atoms with Gasteiger partial charge >= 0.3 is 0 Å². The first-order chi connectivity index (χ1) is 7.62. The molecule has 84 valence electrons. The fourth-order valence-corrected chi connectivity index (χ4v) is 1.76. The summed E-state index contributed by atoms with van der Waals surface area (Å²) in [5.41, 5.74) is 13.0. The average molecular weight is 216 g/mol. The fourth-order valence-electron chi connectivity index (χ4n) is 1.76. The number of nitrogens with two attached hydrogens (primary N) is 2. The summed E-state index contributed by atoms with van der Waals surface area (Å²) in [6.45, 7) is 2.03. The first-order valence-electron chi connectivity index (χ1n) is 5.25. The van der Waals surface area contributed by atoms with Crippen LogP contribution in [0, 0.1) is 0 Å². The number of amidine groups is 1. The summed E-state index contributed by atoms with van der Waals surface area (Å²) in [6, 6.07) is 10.0. The monoisotopic (exact) mass is 216 g/mol. The van der Waals surface area contributed by atoms with Gasteiger partial charge in [-0.2, -0.15) is 0 Å². The first kappa shape index (κ1) is 10.7. The molecule has 0 spiro atoms. The number of nitrogens with zero attached hydrogens (tertiary/aromatic N) is 1. The van der Waals surface area contributed by atoms with E-state index >= 15 is 0 Å². The second kappa shape index (κ2) is 3.98. The molecule has 0 bridgehead atoms. The van der Waals surface area contributed by atoms with Crippen LogP contribution < -0.4 is 16.8 Å². The Morgan fingerprint density at radius 3 is 2.62 bits per heavy atom. The second-order valence-electron chi connectivity index (χ2n) is 3.97. The van der Waals surface area contributed by atoms with Crippen molar-refractivity contribution >= 4 is 5.84 Å². The second-order valence-corrected chi connectivity index (χ2v) is 3.97. The predicted octanol–water partition coefficient (Wildman–Crippen LogP) is 0.877. The SMILES string of the molecule is CC(c1ccccc1)C1(N)N=C(N)C=CN1. The molecule has 2 atom stereocenters. The van der Waals surface area contributed by atoms with Crippen LogP contribution in [0.25, 0.3) is 0 Å². The largest absolute Gasteiger partial charge is 0.384 e. The zero-order valence-electron chi connectivity index (χ0n) is 9.22. The van der Waals surface area contributed by atoms with Gasteiger partial charge < -0.3 is 11.1 Å². The van der Waals surface area contributed by atoms with E-state index in [0.717, 1.165) is 5.56 Å². The summed E-state index contributed by atoms with van der Waals surface area (Å²) in [6.07, 6.45) is 3.44. The Morgan fingerprint density at radius 1 is 1.31 bits per heavy atom. The summed E-state index contributed by atoms with van der Waals surface area (Å²) in [5.74, 6) is -0.374.